The Morgan fingerprint density at radius 2 is 1.87 bits per heavy atom. The molecule has 3 N–H and O–H groups in total. The van der Waals surface area contributed by atoms with Gasteiger partial charge in [-0.2, -0.15) is 4.98 Å². The number of nitrogens with one attached hydrogen (secondary N) is 1. The normalized spacial score (nSPS) is 12.3. The number of hydrogen-bond acceptors (Lipinski definition) is 8. The van der Waals surface area contributed by atoms with Crippen molar-refractivity contribution in [1.29, 1.82) is 0 Å². The van der Waals surface area contributed by atoms with E-state index in [-0.39, 0.29) is 5.56 Å². The Labute approximate surface area is 179 Å². The van der Waals surface area contributed by atoms with E-state index in [1.807, 2.05) is 23.1 Å². The highest BCUT2D eigenvalue weighted by atomic mass is 16.5. The molecule has 0 atom stereocenters. The molecule has 0 fully saturated rings. The number of fused-ring (bicyclic) bond motifs is 1. The number of nitrogens with zero attached hydrogens (tertiary/aromatic N) is 3. The van der Waals surface area contributed by atoms with Crippen LogP contribution in [0.3, 0.4) is 0 Å². The SMILES string of the molecule is COc1ccc(Nc2ncc(C(N)=O)c(N3Cc4cccc(OC)c4C3)n2)c(OC)c1. The standard InChI is InChI=1S/C22H23N5O4/c1-29-14-7-8-17(19(9-14)31-3)25-22-24-10-15(20(23)28)21(26-22)27-11-13-5-4-6-18(30-2)16(13)12-27/h4-10H,11-12H2,1-3H3,(H2,23,28)(H,24,25,26). The highest BCUT2D eigenvalue weighted by Gasteiger charge is 2.27. The number of carbonyl (C=O) groups excluding carboxylic acids is 1. The van der Waals surface area contributed by atoms with E-state index >= 15 is 0 Å². The quantitative estimate of drug-likeness (QED) is 0.599. The van der Waals surface area contributed by atoms with Crippen LogP contribution in [0.25, 0.3) is 0 Å². The number of benzene rings is 2. The molecule has 0 saturated carbocycles. The van der Waals surface area contributed by atoms with Crippen molar-refractivity contribution in [3.63, 3.8) is 0 Å². The molecule has 0 bridgehead atoms. The van der Waals surface area contributed by atoms with Gasteiger partial charge in [-0.05, 0) is 23.8 Å². The van der Waals surface area contributed by atoms with Gasteiger partial charge in [-0.1, -0.05) is 12.1 Å². The zero-order chi connectivity index (χ0) is 22.0. The molecule has 0 radical (unpaired) electrons. The van der Waals surface area contributed by atoms with Crippen molar-refractivity contribution in [2.75, 3.05) is 31.5 Å². The van der Waals surface area contributed by atoms with Crippen LogP contribution in [-0.4, -0.2) is 37.2 Å². The number of rotatable bonds is 7. The van der Waals surface area contributed by atoms with Crippen molar-refractivity contribution < 1.29 is 19.0 Å². The molecule has 1 amide bonds. The molecule has 0 unspecified atom stereocenters. The summed E-state index contributed by atoms with van der Waals surface area (Å²) in [5, 5.41) is 3.14. The average Bonchev–Trinajstić information content (AvgIpc) is 3.23. The Bertz CT molecular complexity index is 1130. The van der Waals surface area contributed by atoms with Gasteiger partial charge in [0.25, 0.3) is 5.91 Å². The first-order valence-corrected chi connectivity index (χ1v) is 9.59. The topological polar surface area (TPSA) is 112 Å². The molecule has 9 nitrogen and oxygen atoms in total. The zero-order valence-electron chi connectivity index (χ0n) is 17.5. The number of carbonyl (C=O) groups is 1. The van der Waals surface area contributed by atoms with Gasteiger partial charge in [0.05, 0.1) is 27.0 Å². The van der Waals surface area contributed by atoms with Crippen LogP contribution in [0.1, 0.15) is 21.5 Å². The summed E-state index contributed by atoms with van der Waals surface area (Å²) in [4.78, 5) is 22.9. The third-order valence-electron chi connectivity index (χ3n) is 5.15. The Kier molecular flexibility index (Phi) is 5.48. The monoisotopic (exact) mass is 421 g/mol. The molecular formula is C22H23N5O4. The summed E-state index contributed by atoms with van der Waals surface area (Å²) in [6.45, 7) is 1.12. The van der Waals surface area contributed by atoms with E-state index in [0.29, 0.717) is 42.0 Å². The van der Waals surface area contributed by atoms with Crippen LogP contribution in [0.15, 0.2) is 42.6 Å². The summed E-state index contributed by atoms with van der Waals surface area (Å²) in [6, 6.07) is 11.3. The van der Waals surface area contributed by atoms with Gasteiger partial charge in [0.2, 0.25) is 5.95 Å². The van der Waals surface area contributed by atoms with Gasteiger partial charge in [-0.3, -0.25) is 4.79 Å². The van der Waals surface area contributed by atoms with Gasteiger partial charge in [-0.15, -0.1) is 0 Å². The number of amides is 1. The summed E-state index contributed by atoms with van der Waals surface area (Å²) in [5.74, 6) is 2.21. The smallest absolute Gasteiger partial charge is 0.254 e. The molecule has 2 aromatic carbocycles. The van der Waals surface area contributed by atoms with Crippen molar-refractivity contribution in [3.05, 3.63) is 59.3 Å². The number of primary amides is 1. The lowest BCUT2D eigenvalue weighted by Crippen LogP contribution is -2.23. The average molecular weight is 421 g/mol. The first-order chi connectivity index (χ1) is 15.0. The molecule has 160 valence electrons. The molecule has 3 aromatic rings. The lowest BCUT2D eigenvalue weighted by atomic mass is 10.1. The minimum atomic E-state index is -0.591. The zero-order valence-corrected chi connectivity index (χ0v) is 17.5. The summed E-state index contributed by atoms with van der Waals surface area (Å²) in [6.07, 6.45) is 1.43. The molecule has 2 heterocycles. The van der Waals surface area contributed by atoms with Gasteiger partial charge < -0.3 is 30.2 Å². The van der Waals surface area contributed by atoms with Crippen molar-refractivity contribution in [1.82, 2.24) is 9.97 Å². The van der Waals surface area contributed by atoms with Gasteiger partial charge in [0.15, 0.2) is 0 Å². The van der Waals surface area contributed by atoms with Gasteiger partial charge in [-0.25, -0.2) is 4.98 Å². The van der Waals surface area contributed by atoms with E-state index in [4.69, 9.17) is 19.9 Å². The van der Waals surface area contributed by atoms with Crippen LogP contribution in [-0.2, 0) is 13.1 Å². The minimum absolute atomic E-state index is 0.249. The van der Waals surface area contributed by atoms with E-state index in [1.54, 1.807) is 39.5 Å². The number of aromatic nitrogens is 2. The summed E-state index contributed by atoms with van der Waals surface area (Å²) >= 11 is 0. The second-order valence-corrected chi connectivity index (χ2v) is 6.94. The maximum atomic E-state index is 12.1. The first kappa shape index (κ1) is 20.3. The Balaban J connectivity index is 1.68. The van der Waals surface area contributed by atoms with Crippen molar-refractivity contribution >= 4 is 23.4 Å². The van der Waals surface area contributed by atoms with Gasteiger partial charge in [0, 0.05) is 30.9 Å². The van der Waals surface area contributed by atoms with Crippen LogP contribution in [0.4, 0.5) is 17.5 Å². The van der Waals surface area contributed by atoms with Crippen LogP contribution in [0, 0.1) is 0 Å². The predicted octanol–water partition coefficient (Wildman–Crippen LogP) is 2.87. The lowest BCUT2D eigenvalue weighted by molar-refractivity contribution is 0.1000. The molecular weight excluding hydrogens is 398 g/mol. The third-order valence-corrected chi connectivity index (χ3v) is 5.15. The van der Waals surface area contributed by atoms with E-state index in [0.717, 1.165) is 16.9 Å². The Morgan fingerprint density at radius 1 is 1.06 bits per heavy atom. The minimum Gasteiger partial charge on any atom is -0.497 e. The molecule has 4 rings (SSSR count). The summed E-state index contributed by atoms with van der Waals surface area (Å²) in [7, 11) is 4.79. The third kappa shape index (κ3) is 3.89. The maximum absolute atomic E-state index is 12.1. The fourth-order valence-corrected chi connectivity index (χ4v) is 3.60. The number of ether oxygens (including phenoxy) is 3. The molecule has 1 aliphatic rings. The second-order valence-electron chi connectivity index (χ2n) is 6.94. The molecule has 0 aliphatic carbocycles. The van der Waals surface area contributed by atoms with Crippen LogP contribution >= 0.6 is 0 Å². The number of hydrogen-bond donors (Lipinski definition) is 2. The van der Waals surface area contributed by atoms with E-state index < -0.39 is 5.91 Å². The highest BCUT2D eigenvalue weighted by molar-refractivity contribution is 5.97. The van der Waals surface area contributed by atoms with Crippen LogP contribution < -0.4 is 30.2 Å². The molecule has 0 saturated heterocycles. The van der Waals surface area contributed by atoms with Gasteiger partial charge in [0.1, 0.15) is 28.6 Å². The Hall–Kier alpha value is -4.01. The molecule has 9 heteroatoms. The molecule has 1 aromatic heterocycles. The fraction of sp³-hybridized carbons (Fsp3) is 0.227. The van der Waals surface area contributed by atoms with E-state index in [1.165, 1.54) is 6.20 Å². The molecule has 31 heavy (non-hydrogen) atoms. The number of nitrogens with two attached hydrogens (primary N) is 1. The summed E-state index contributed by atoms with van der Waals surface area (Å²) in [5.41, 5.74) is 8.68. The van der Waals surface area contributed by atoms with E-state index in [2.05, 4.69) is 15.3 Å². The lowest BCUT2D eigenvalue weighted by Gasteiger charge is -2.20. The summed E-state index contributed by atoms with van der Waals surface area (Å²) < 4.78 is 16.1. The van der Waals surface area contributed by atoms with Crippen molar-refractivity contribution in [2.45, 2.75) is 13.1 Å². The van der Waals surface area contributed by atoms with Crippen LogP contribution in [0.2, 0.25) is 0 Å². The van der Waals surface area contributed by atoms with Crippen molar-refractivity contribution in [2.24, 2.45) is 5.73 Å². The first-order valence-electron chi connectivity index (χ1n) is 9.59. The molecule has 1 aliphatic heterocycles. The number of anilines is 3. The highest BCUT2D eigenvalue weighted by Crippen LogP contribution is 2.35. The molecule has 0 spiro atoms. The van der Waals surface area contributed by atoms with Gasteiger partial charge >= 0.3 is 0 Å². The Morgan fingerprint density at radius 3 is 2.58 bits per heavy atom. The fourth-order valence-electron chi connectivity index (χ4n) is 3.60. The largest absolute Gasteiger partial charge is 0.497 e. The van der Waals surface area contributed by atoms with Crippen LogP contribution in [0.5, 0.6) is 17.2 Å². The maximum Gasteiger partial charge on any atom is 0.254 e. The second kappa shape index (κ2) is 8.39. The van der Waals surface area contributed by atoms with Crippen molar-refractivity contribution in [3.8, 4) is 17.2 Å². The predicted molar refractivity (Wildman–Crippen MR) is 116 cm³/mol. The van der Waals surface area contributed by atoms with E-state index in [9.17, 15) is 4.79 Å². The number of methoxy groups -OCH3 is 3.